The first-order chi connectivity index (χ1) is 10.7. The van der Waals surface area contributed by atoms with Crippen LogP contribution in [0.4, 0.5) is 4.79 Å². The van der Waals surface area contributed by atoms with E-state index in [-0.39, 0.29) is 17.7 Å². The Morgan fingerprint density at radius 1 is 1.27 bits per heavy atom. The molecule has 0 saturated heterocycles. The normalized spacial score (nSPS) is 25.4. The van der Waals surface area contributed by atoms with Gasteiger partial charge in [0, 0.05) is 25.1 Å². The van der Waals surface area contributed by atoms with Crippen molar-refractivity contribution in [1.82, 2.24) is 10.2 Å². The summed E-state index contributed by atoms with van der Waals surface area (Å²) in [5.41, 5.74) is 1.08. The van der Waals surface area contributed by atoms with Crippen molar-refractivity contribution < 1.29 is 9.53 Å². The Kier molecular flexibility index (Phi) is 3.28. The molecule has 1 aromatic carbocycles. The van der Waals surface area contributed by atoms with Gasteiger partial charge >= 0.3 is 6.03 Å². The molecule has 4 heteroatoms. The van der Waals surface area contributed by atoms with E-state index < -0.39 is 0 Å². The monoisotopic (exact) mass is 300 g/mol. The van der Waals surface area contributed by atoms with Gasteiger partial charge in [0.05, 0.1) is 6.04 Å². The van der Waals surface area contributed by atoms with E-state index >= 15 is 0 Å². The third kappa shape index (κ3) is 2.25. The standard InChI is InChI=1S/C18H24N2O2/c1-20(13-6-4-7-13)17(21)19-15-12-18(10-5-11-18)22-16-9-3-2-8-14(15)16/h2-3,8-9,13,15H,4-7,10-12H2,1H3,(H,19,21)/t15-/m1/s1. The minimum absolute atomic E-state index is 0.0403. The van der Waals surface area contributed by atoms with Crippen molar-refractivity contribution in [3.8, 4) is 5.75 Å². The third-order valence-corrected chi connectivity index (χ3v) is 5.70. The second-order valence-electron chi connectivity index (χ2n) is 7.08. The quantitative estimate of drug-likeness (QED) is 0.906. The molecule has 22 heavy (non-hydrogen) atoms. The number of fused-ring (bicyclic) bond motifs is 1. The number of ether oxygens (including phenoxy) is 1. The van der Waals surface area contributed by atoms with E-state index in [2.05, 4.69) is 11.4 Å². The van der Waals surface area contributed by atoms with Crippen LogP contribution in [-0.4, -0.2) is 29.6 Å². The summed E-state index contributed by atoms with van der Waals surface area (Å²) in [4.78, 5) is 14.4. The van der Waals surface area contributed by atoms with Gasteiger partial charge in [-0.15, -0.1) is 0 Å². The molecule has 1 aliphatic heterocycles. The fraction of sp³-hybridized carbons (Fsp3) is 0.611. The van der Waals surface area contributed by atoms with Crippen molar-refractivity contribution in [2.75, 3.05) is 7.05 Å². The first-order valence-electron chi connectivity index (χ1n) is 8.48. The number of carbonyl (C=O) groups is 1. The zero-order valence-corrected chi connectivity index (χ0v) is 13.2. The van der Waals surface area contributed by atoms with Crippen molar-refractivity contribution in [3.05, 3.63) is 29.8 Å². The fourth-order valence-corrected chi connectivity index (χ4v) is 3.82. The van der Waals surface area contributed by atoms with E-state index in [4.69, 9.17) is 4.74 Å². The maximum atomic E-state index is 12.5. The molecule has 4 nitrogen and oxygen atoms in total. The molecule has 2 aliphatic carbocycles. The van der Waals surface area contributed by atoms with Gasteiger partial charge in [-0.05, 0) is 44.6 Å². The van der Waals surface area contributed by atoms with Crippen LogP contribution in [0.1, 0.15) is 56.6 Å². The van der Waals surface area contributed by atoms with Crippen LogP contribution in [0.15, 0.2) is 24.3 Å². The lowest BCUT2D eigenvalue weighted by Crippen LogP contribution is -2.52. The lowest BCUT2D eigenvalue weighted by atomic mass is 9.73. The number of urea groups is 1. The summed E-state index contributed by atoms with van der Waals surface area (Å²) in [6, 6.07) is 8.69. The van der Waals surface area contributed by atoms with E-state index in [1.165, 1.54) is 12.8 Å². The van der Waals surface area contributed by atoms with Gasteiger partial charge in [0.15, 0.2) is 0 Å². The van der Waals surface area contributed by atoms with E-state index in [0.717, 1.165) is 43.4 Å². The summed E-state index contributed by atoms with van der Waals surface area (Å²) in [6.45, 7) is 0. The average molecular weight is 300 g/mol. The zero-order valence-electron chi connectivity index (χ0n) is 13.2. The first kappa shape index (κ1) is 13.9. The molecule has 0 bridgehead atoms. The van der Waals surface area contributed by atoms with Crippen molar-refractivity contribution in [3.63, 3.8) is 0 Å². The van der Waals surface area contributed by atoms with Crippen molar-refractivity contribution in [2.45, 2.75) is 62.6 Å². The van der Waals surface area contributed by atoms with Crippen LogP contribution in [0.2, 0.25) is 0 Å². The van der Waals surface area contributed by atoms with Crippen LogP contribution >= 0.6 is 0 Å². The van der Waals surface area contributed by atoms with Crippen LogP contribution in [-0.2, 0) is 0 Å². The Morgan fingerprint density at radius 3 is 2.68 bits per heavy atom. The molecule has 0 unspecified atom stereocenters. The SMILES string of the molecule is CN(C(=O)N[C@@H]1CC2(CCC2)Oc2ccccc21)C1CCC1. The number of benzene rings is 1. The minimum atomic E-state index is -0.0403. The van der Waals surface area contributed by atoms with Gasteiger partial charge in [-0.25, -0.2) is 4.79 Å². The van der Waals surface area contributed by atoms with E-state index in [1.54, 1.807) is 0 Å². The van der Waals surface area contributed by atoms with Crippen LogP contribution in [0.25, 0.3) is 0 Å². The largest absolute Gasteiger partial charge is 0.487 e. The molecule has 2 amide bonds. The highest BCUT2D eigenvalue weighted by Gasteiger charge is 2.46. The molecule has 1 spiro atoms. The van der Waals surface area contributed by atoms with Gasteiger partial charge in [-0.2, -0.15) is 0 Å². The van der Waals surface area contributed by atoms with Crippen molar-refractivity contribution in [2.24, 2.45) is 0 Å². The number of carbonyl (C=O) groups excluding carboxylic acids is 1. The van der Waals surface area contributed by atoms with E-state index in [1.807, 2.05) is 30.1 Å². The topological polar surface area (TPSA) is 41.6 Å². The summed E-state index contributed by atoms with van der Waals surface area (Å²) in [5.74, 6) is 0.949. The molecule has 0 aromatic heterocycles. The summed E-state index contributed by atoms with van der Waals surface area (Å²) < 4.78 is 6.24. The molecule has 3 aliphatic rings. The van der Waals surface area contributed by atoms with Gasteiger partial charge < -0.3 is 15.0 Å². The van der Waals surface area contributed by atoms with E-state index in [9.17, 15) is 4.79 Å². The smallest absolute Gasteiger partial charge is 0.317 e. The molecular weight excluding hydrogens is 276 g/mol. The molecule has 1 aromatic rings. The number of hydrogen-bond donors (Lipinski definition) is 1. The van der Waals surface area contributed by atoms with Gasteiger partial charge in [0.1, 0.15) is 11.4 Å². The molecule has 1 N–H and O–H groups in total. The molecule has 4 rings (SSSR count). The third-order valence-electron chi connectivity index (χ3n) is 5.70. The molecule has 118 valence electrons. The highest BCUT2D eigenvalue weighted by Crippen LogP contribution is 2.48. The first-order valence-corrected chi connectivity index (χ1v) is 8.48. The van der Waals surface area contributed by atoms with Crippen molar-refractivity contribution in [1.29, 1.82) is 0 Å². The number of nitrogens with one attached hydrogen (secondary N) is 1. The van der Waals surface area contributed by atoms with E-state index in [0.29, 0.717) is 6.04 Å². The Hall–Kier alpha value is -1.71. The Morgan fingerprint density at radius 2 is 2.05 bits per heavy atom. The summed E-state index contributed by atoms with van der Waals surface area (Å²) in [7, 11) is 1.92. The van der Waals surface area contributed by atoms with Gasteiger partial charge in [-0.3, -0.25) is 0 Å². The molecule has 0 radical (unpaired) electrons. The number of rotatable bonds is 2. The number of hydrogen-bond acceptors (Lipinski definition) is 2. The van der Waals surface area contributed by atoms with Crippen LogP contribution in [0.3, 0.4) is 0 Å². The highest BCUT2D eigenvalue weighted by atomic mass is 16.5. The zero-order chi connectivity index (χ0) is 15.2. The van der Waals surface area contributed by atoms with Gasteiger partial charge in [0.2, 0.25) is 0 Å². The van der Waals surface area contributed by atoms with Crippen LogP contribution in [0.5, 0.6) is 5.75 Å². The predicted octanol–water partition coefficient (Wildman–Crippen LogP) is 3.63. The Balaban J connectivity index is 1.53. The number of para-hydroxylation sites is 1. The number of nitrogens with zero attached hydrogens (tertiary/aromatic N) is 1. The molecule has 2 saturated carbocycles. The molecule has 1 atom stereocenters. The van der Waals surface area contributed by atoms with Crippen molar-refractivity contribution >= 4 is 6.03 Å². The summed E-state index contributed by atoms with van der Waals surface area (Å²) >= 11 is 0. The molecular formula is C18H24N2O2. The maximum Gasteiger partial charge on any atom is 0.317 e. The number of amides is 2. The summed E-state index contributed by atoms with van der Waals surface area (Å²) in [6.07, 6.45) is 7.85. The Bertz CT molecular complexity index is 578. The summed E-state index contributed by atoms with van der Waals surface area (Å²) in [5, 5.41) is 3.25. The maximum absolute atomic E-state index is 12.5. The highest BCUT2D eigenvalue weighted by molar-refractivity contribution is 5.75. The molecule has 2 fully saturated rings. The fourth-order valence-electron chi connectivity index (χ4n) is 3.82. The predicted molar refractivity (Wildman–Crippen MR) is 84.9 cm³/mol. The second kappa shape index (κ2) is 5.18. The van der Waals surface area contributed by atoms with Gasteiger partial charge in [0.25, 0.3) is 0 Å². The lowest BCUT2D eigenvalue weighted by molar-refractivity contribution is -0.0360. The Labute approximate surface area is 131 Å². The second-order valence-corrected chi connectivity index (χ2v) is 7.08. The van der Waals surface area contributed by atoms with Gasteiger partial charge in [-0.1, -0.05) is 18.2 Å². The minimum Gasteiger partial charge on any atom is -0.487 e. The average Bonchev–Trinajstić information content (AvgIpc) is 2.43. The lowest BCUT2D eigenvalue weighted by Gasteiger charge is -2.48. The van der Waals surface area contributed by atoms with Crippen LogP contribution < -0.4 is 10.1 Å². The molecule has 1 heterocycles. The van der Waals surface area contributed by atoms with Crippen LogP contribution in [0, 0.1) is 0 Å².